The molecule has 0 aromatic heterocycles. The Kier molecular flexibility index (Phi) is 8.78. The second-order valence-corrected chi connectivity index (χ2v) is 6.29. The van der Waals surface area contributed by atoms with Crippen LogP contribution in [-0.2, 0) is 0 Å². The van der Waals surface area contributed by atoms with Crippen molar-refractivity contribution >= 4 is 0 Å². The first-order valence-corrected chi connectivity index (χ1v) is 7.99. The van der Waals surface area contributed by atoms with Crippen molar-refractivity contribution in [3.05, 3.63) is 0 Å². The molecule has 0 radical (unpaired) electrons. The number of unbranched alkanes of at least 4 members (excludes halogenated alkanes) is 3. The summed E-state index contributed by atoms with van der Waals surface area (Å²) in [4.78, 5) is 0. The molecule has 1 N–H and O–H groups in total. The van der Waals surface area contributed by atoms with Crippen molar-refractivity contribution < 1.29 is 0 Å². The van der Waals surface area contributed by atoms with Crippen molar-refractivity contribution in [2.24, 2.45) is 11.8 Å². The van der Waals surface area contributed by atoms with E-state index in [1.165, 1.54) is 77.3 Å². The van der Waals surface area contributed by atoms with Gasteiger partial charge in [-0.05, 0) is 37.8 Å². The number of hydrogen-bond donors (Lipinski definition) is 1. The zero-order chi connectivity index (χ0) is 12.3. The summed E-state index contributed by atoms with van der Waals surface area (Å²) in [5.74, 6) is 1.94. The van der Waals surface area contributed by atoms with Crippen LogP contribution in [0.5, 0.6) is 0 Å². The first-order chi connectivity index (χ1) is 8.29. The molecule has 1 aliphatic rings. The average Bonchev–Trinajstić information content (AvgIpc) is 2.79. The summed E-state index contributed by atoms with van der Waals surface area (Å²) in [6.45, 7) is 7.15. The van der Waals surface area contributed by atoms with Gasteiger partial charge in [0.15, 0.2) is 0 Å². The monoisotopic (exact) mass is 239 g/mol. The van der Waals surface area contributed by atoms with Crippen LogP contribution in [-0.4, -0.2) is 13.1 Å². The Morgan fingerprint density at radius 1 is 0.941 bits per heavy atom. The Morgan fingerprint density at radius 2 is 1.65 bits per heavy atom. The predicted octanol–water partition coefficient (Wildman–Crippen LogP) is 4.76. The van der Waals surface area contributed by atoms with Crippen LogP contribution in [0.1, 0.15) is 78.1 Å². The Morgan fingerprint density at radius 3 is 2.35 bits per heavy atom. The van der Waals surface area contributed by atoms with E-state index in [4.69, 9.17) is 0 Å². The van der Waals surface area contributed by atoms with E-state index in [1.807, 2.05) is 0 Å². The Hall–Kier alpha value is -0.0400. The van der Waals surface area contributed by atoms with Crippen molar-refractivity contribution in [1.29, 1.82) is 0 Å². The third-order valence-corrected chi connectivity index (χ3v) is 4.09. The van der Waals surface area contributed by atoms with Crippen LogP contribution in [0.3, 0.4) is 0 Å². The fourth-order valence-corrected chi connectivity index (χ4v) is 2.89. The molecule has 0 aromatic rings. The van der Waals surface area contributed by atoms with Gasteiger partial charge in [0, 0.05) is 0 Å². The second-order valence-electron chi connectivity index (χ2n) is 6.29. The lowest BCUT2D eigenvalue weighted by molar-refractivity contribution is 0.468. The molecule has 1 aliphatic carbocycles. The standard InChI is InChI=1S/C16H33N/c1-15(2)9-5-3-4-8-13-17-14-12-16-10-6-7-11-16/h15-17H,3-14H2,1-2H3. The van der Waals surface area contributed by atoms with Crippen LogP contribution in [0.15, 0.2) is 0 Å². The minimum atomic E-state index is 0.888. The molecule has 1 saturated carbocycles. The summed E-state index contributed by atoms with van der Waals surface area (Å²) < 4.78 is 0. The molecule has 0 bridgehead atoms. The zero-order valence-electron chi connectivity index (χ0n) is 12.1. The fourth-order valence-electron chi connectivity index (χ4n) is 2.89. The molecule has 0 amide bonds. The Labute approximate surface area is 109 Å². The van der Waals surface area contributed by atoms with Crippen molar-refractivity contribution in [3.63, 3.8) is 0 Å². The molecular formula is C16H33N. The highest BCUT2D eigenvalue weighted by atomic mass is 14.8. The molecule has 1 nitrogen and oxygen atoms in total. The van der Waals surface area contributed by atoms with Gasteiger partial charge >= 0.3 is 0 Å². The maximum Gasteiger partial charge on any atom is -0.00463 e. The van der Waals surface area contributed by atoms with Gasteiger partial charge in [0.1, 0.15) is 0 Å². The second kappa shape index (κ2) is 9.94. The lowest BCUT2D eigenvalue weighted by atomic mass is 10.0. The largest absolute Gasteiger partial charge is 0.317 e. The topological polar surface area (TPSA) is 12.0 Å². The smallest absolute Gasteiger partial charge is 0.00463 e. The molecule has 0 heterocycles. The third kappa shape index (κ3) is 8.65. The molecule has 0 aliphatic heterocycles. The highest BCUT2D eigenvalue weighted by Gasteiger charge is 2.13. The Balaban J connectivity index is 1.72. The molecule has 102 valence electrons. The van der Waals surface area contributed by atoms with Gasteiger partial charge in [0.2, 0.25) is 0 Å². The summed E-state index contributed by atoms with van der Waals surface area (Å²) in [6, 6.07) is 0. The molecule has 0 unspecified atom stereocenters. The highest BCUT2D eigenvalue weighted by Crippen LogP contribution is 2.26. The van der Waals surface area contributed by atoms with Crippen LogP contribution in [0.4, 0.5) is 0 Å². The van der Waals surface area contributed by atoms with E-state index in [9.17, 15) is 0 Å². The maximum atomic E-state index is 3.61. The average molecular weight is 239 g/mol. The summed E-state index contributed by atoms with van der Waals surface area (Å²) in [5.41, 5.74) is 0. The first kappa shape index (κ1) is 15.0. The molecular weight excluding hydrogens is 206 g/mol. The Bertz CT molecular complexity index is 159. The SMILES string of the molecule is CC(C)CCCCCCNCCC1CCCC1. The van der Waals surface area contributed by atoms with Crippen molar-refractivity contribution in [2.75, 3.05) is 13.1 Å². The van der Waals surface area contributed by atoms with Crippen LogP contribution in [0, 0.1) is 11.8 Å². The van der Waals surface area contributed by atoms with E-state index in [0.29, 0.717) is 0 Å². The quantitative estimate of drug-likeness (QED) is 0.542. The molecule has 0 atom stereocenters. The summed E-state index contributed by atoms with van der Waals surface area (Å²) in [6.07, 6.45) is 14.5. The molecule has 1 heteroatoms. The fraction of sp³-hybridized carbons (Fsp3) is 1.00. The van der Waals surface area contributed by atoms with Crippen LogP contribution < -0.4 is 5.32 Å². The van der Waals surface area contributed by atoms with Gasteiger partial charge < -0.3 is 5.32 Å². The molecule has 0 spiro atoms. The van der Waals surface area contributed by atoms with Crippen molar-refractivity contribution in [3.8, 4) is 0 Å². The first-order valence-electron chi connectivity index (χ1n) is 7.99. The predicted molar refractivity (Wildman–Crippen MR) is 77.4 cm³/mol. The van der Waals surface area contributed by atoms with E-state index in [2.05, 4.69) is 19.2 Å². The van der Waals surface area contributed by atoms with Crippen LogP contribution >= 0.6 is 0 Å². The minimum absolute atomic E-state index is 0.888. The lowest BCUT2D eigenvalue weighted by Crippen LogP contribution is -2.18. The molecule has 1 fully saturated rings. The normalized spacial score (nSPS) is 17.1. The van der Waals surface area contributed by atoms with Gasteiger partial charge in [-0.1, -0.05) is 65.2 Å². The number of nitrogens with one attached hydrogen (secondary N) is 1. The minimum Gasteiger partial charge on any atom is -0.317 e. The van der Waals surface area contributed by atoms with Crippen molar-refractivity contribution in [1.82, 2.24) is 5.32 Å². The van der Waals surface area contributed by atoms with Gasteiger partial charge in [0.05, 0.1) is 0 Å². The van der Waals surface area contributed by atoms with E-state index < -0.39 is 0 Å². The highest BCUT2D eigenvalue weighted by molar-refractivity contribution is 4.68. The van der Waals surface area contributed by atoms with E-state index in [1.54, 1.807) is 0 Å². The van der Waals surface area contributed by atoms with Crippen LogP contribution in [0.25, 0.3) is 0 Å². The number of rotatable bonds is 10. The summed E-state index contributed by atoms with van der Waals surface area (Å²) in [5, 5.41) is 3.61. The summed E-state index contributed by atoms with van der Waals surface area (Å²) >= 11 is 0. The third-order valence-electron chi connectivity index (χ3n) is 4.09. The van der Waals surface area contributed by atoms with Gasteiger partial charge in [0.25, 0.3) is 0 Å². The van der Waals surface area contributed by atoms with Gasteiger partial charge in [-0.25, -0.2) is 0 Å². The molecule has 0 aromatic carbocycles. The number of hydrogen-bond acceptors (Lipinski definition) is 1. The maximum absolute atomic E-state index is 3.61. The zero-order valence-corrected chi connectivity index (χ0v) is 12.1. The van der Waals surface area contributed by atoms with Gasteiger partial charge in [-0.3, -0.25) is 0 Å². The van der Waals surface area contributed by atoms with E-state index in [-0.39, 0.29) is 0 Å². The van der Waals surface area contributed by atoms with Crippen LogP contribution in [0.2, 0.25) is 0 Å². The van der Waals surface area contributed by atoms with E-state index in [0.717, 1.165) is 11.8 Å². The van der Waals surface area contributed by atoms with E-state index >= 15 is 0 Å². The lowest BCUT2D eigenvalue weighted by Gasteiger charge is -2.09. The van der Waals surface area contributed by atoms with Gasteiger partial charge in [-0.2, -0.15) is 0 Å². The molecule has 1 rings (SSSR count). The van der Waals surface area contributed by atoms with Gasteiger partial charge in [-0.15, -0.1) is 0 Å². The summed E-state index contributed by atoms with van der Waals surface area (Å²) in [7, 11) is 0. The molecule has 0 saturated heterocycles. The molecule has 17 heavy (non-hydrogen) atoms. The van der Waals surface area contributed by atoms with Crippen molar-refractivity contribution in [2.45, 2.75) is 78.1 Å².